The van der Waals surface area contributed by atoms with Crippen LogP contribution in [0.4, 0.5) is 0 Å². The molecule has 0 heterocycles. The maximum absolute atomic E-state index is 5.13. The Balaban J connectivity index is 2.02. The summed E-state index contributed by atoms with van der Waals surface area (Å²) in [5.74, 6) is 3.56. The first-order valence-electron chi connectivity index (χ1n) is 5.99. The highest BCUT2D eigenvalue weighted by Crippen LogP contribution is 2.44. The van der Waals surface area contributed by atoms with Crippen LogP contribution in [-0.4, -0.2) is 13.2 Å². The number of hydroxylamine groups is 1. The molecule has 0 aliphatic heterocycles. The van der Waals surface area contributed by atoms with Gasteiger partial charge in [0.15, 0.2) is 0 Å². The zero-order valence-corrected chi connectivity index (χ0v) is 9.62. The van der Waals surface area contributed by atoms with E-state index in [-0.39, 0.29) is 0 Å². The normalized spacial score (nSPS) is 47.8. The van der Waals surface area contributed by atoms with Crippen LogP contribution in [-0.2, 0) is 4.84 Å². The first-order valence-corrected chi connectivity index (χ1v) is 5.99. The van der Waals surface area contributed by atoms with Gasteiger partial charge >= 0.3 is 0 Å². The molecule has 14 heavy (non-hydrogen) atoms. The highest BCUT2D eigenvalue weighted by molar-refractivity contribution is 4.92. The Kier molecular flexibility index (Phi) is 3.13. The molecule has 2 rings (SSSR count). The molecule has 82 valence electrons. The lowest BCUT2D eigenvalue weighted by molar-refractivity contribution is -0.0265. The molecule has 2 aliphatic carbocycles. The molecule has 0 spiro atoms. The number of nitrogens with one attached hydrogen (secondary N) is 1. The van der Waals surface area contributed by atoms with Crippen molar-refractivity contribution in [3.63, 3.8) is 0 Å². The fourth-order valence-electron chi connectivity index (χ4n) is 3.77. The van der Waals surface area contributed by atoms with E-state index in [1.807, 2.05) is 0 Å². The van der Waals surface area contributed by atoms with E-state index in [1.54, 1.807) is 7.11 Å². The smallest absolute Gasteiger partial charge is 0.0572 e. The van der Waals surface area contributed by atoms with E-state index in [9.17, 15) is 0 Å². The SMILES string of the molecule is CONC1C(C)CC2CC(C)CC1C2. The summed E-state index contributed by atoms with van der Waals surface area (Å²) in [6.45, 7) is 4.77. The molecule has 2 saturated carbocycles. The Hall–Kier alpha value is -0.0800. The van der Waals surface area contributed by atoms with Gasteiger partial charge in [0.25, 0.3) is 0 Å². The molecule has 5 unspecified atom stereocenters. The number of hydrogen-bond donors (Lipinski definition) is 1. The van der Waals surface area contributed by atoms with Crippen LogP contribution < -0.4 is 5.48 Å². The van der Waals surface area contributed by atoms with Crippen LogP contribution in [0.1, 0.15) is 39.5 Å². The maximum atomic E-state index is 5.13. The van der Waals surface area contributed by atoms with Crippen molar-refractivity contribution in [2.24, 2.45) is 23.7 Å². The molecule has 2 fully saturated rings. The lowest BCUT2D eigenvalue weighted by Crippen LogP contribution is -2.48. The van der Waals surface area contributed by atoms with Gasteiger partial charge in [0.2, 0.25) is 0 Å². The van der Waals surface area contributed by atoms with E-state index in [4.69, 9.17) is 4.84 Å². The van der Waals surface area contributed by atoms with Gasteiger partial charge in [-0.2, -0.15) is 5.48 Å². The largest absolute Gasteiger partial charge is 0.305 e. The Labute approximate surface area is 87.4 Å². The summed E-state index contributed by atoms with van der Waals surface area (Å²) in [6, 6.07) is 0.596. The average molecular weight is 197 g/mol. The van der Waals surface area contributed by atoms with E-state index in [0.717, 1.165) is 23.7 Å². The summed E-state index contributed by atoms with van der Waals surface area (Å²) in [7, 11) is 1.74. The molecule has 5 atom stereocenters. The summed E-state index contributed by atoms with van der Waals surface area (Å²) in [5.41, 5.74) is 3.21. The second-order valence-electron chi connectivity index (χ2n) is 5.50. The van der Waals surface area contributed by atoms with Crippen LogP contribution in [0.2, 0.25) is 0 Å². The molecule has 0 saturated heterocycles. The van der Waals surface area contributed by atoms with Gasteiger partial charge in [0.1, 0.15) is 0 Å². The second-order valence-corrected chi connectivity index (χ2v) is 5.50. The van der Waals surface area contributed by atoms with Crippen molar-refractivity contribution in [3.05, 3.63) is 0 Å². The van der Waals surface area contributed by atoms with Gasteiger partial charge in [0, 0.05) is 6.04 Å². The molecule has 0 aromatic heterocycles. The third kappa shape index (κ3) is 1.96. The van der Waals surface area contributed by atoms with E-state index >= 15 is 0 Å². The molecule has 2 aliphatic rings. The minimum absolute atomic E-state index is 0.596. The van der Waals surface area contributed by atoms with Crippen molar-refractivity contribution in [1.29, 1.82) is 0 Å². The zero-order valence-electron chi connectivity index (χ0n) is 9.62. The van der Waals surface area contributed by atoms with Crippen molar-refractivity contribution in [3.8, 4) is 0 Å². The van der Waals surface area contributed by atoms with Gasteiger partial charge in [-0.25, -0.2) is 0 Å². The van der Waals surface area contributed by atoms with Crippen molar-refractivity contribution in [2.75, 3.05) is 7.11 Å². The van der Waals surface area contributed by atoms with E-state index in [0.29, 0.717) is 6.04 Å². The molecule has 2 nitrogen and oxygen atoms in total. The Bertz CT molecular complexity index is 191. The van der Waals surface area contributed by atoms with Gasteiger partial charge in [0.05, 0.1) is 7.11 Å². The summed E-state index contributed by atoms with van der Waals surface area (Å²) >= 11 is 0. The van der Waals surface area contributed by atoms with Gasteiger partial charge in [-0.3, -0.25) is 0 Å². The van der Waals surface area contributed by atoms with Crippen LogP contribution in [0.15, 0.2) is 0 Å². The first-order chi connectivity index (χ1) is 6.70. The molecule has 2 bridgehead atoms. The molecule has 0 aromatic rings. The monoisotopic (exact) mass is 197 g/mol. The van der Waals surface area contributed by atoms with Gasteiger partial charge < -0.3 is 4.84 Å². The van der Waals surface area contributed by atoms with Crippen LogP contribution in [0.5, 0.6) is 0 Å². The lowest BCUT2D eigenvalue weighted by atomic mass is 9.63. The fourth-order valence-corrected chi connectivity index (χ4v) is 3.77. The molecule has 0 aromatic carbocycles. The summed E-state index contributed by atoms with van der Waals surface area (Å²) in [5, 5.41) is 0. The molecule has 1 N–H and O–H groups in total. The standard InChI is InChI=1S/C12H23NO/c1-8-4-10-6-9(2)12(13-14-3)11(5-8)7-10/h8-13H,4-7H2,1-3H3. The summed E-state index contributed by atoms with van der Waals surface area (Å²) < 4.78 is 0. The lowest BCUT2D eigenvalue weighted by Gasteiger charge is -2.46. The van der Waals surface area contributed by atoms with Crippen LogP contribution in [0.3, 0.4) is 0 Å². The van der Waals surface area contributed by atoms with Crippen molar-refractivity contribution in [1.82, 2.24) is 5.48 Å². The van der Waals surface area contributed by atoms with E-state index < -0.39 is 0 Å². The summed E-state index contributed by atoms with van der Waals surface area (Å²) in [4.78, 5) is 5.13. The predicted molar refractivity (Wildman–Crippen MR) is 57.7 cm³/mol. The number of hydrogen-bond acceptors (Lipinski definition) is 2. The average Bonchev–Trinajstić information content (AvgIpc) is 2.11. The van der Waals surface area contributed by atoms with Crippen molar-refractivity contribution in [2.45, 2.75) is 45.6 Å². The fraction of sp³-hybridized carbons (Fsp3) is 1.00. The Morgan fingerprint density at radius 1 is 1.07 bits per heavy atom. The van der Waals surface area contributed by atoms with Crippen LogP contribution in [0, 0.1) is 23.7 Å². The van der Waals surface area contributed by atoms with Gasteiger partial charge in [-0.1, -0.05) is 13.8 Å². The maximum Gasteiger partial charge on any atom is 0.0572 e. The predicted octanol–water partition coefficient (Wildman–Crippen LogP) is 2.60. The Morgan fingerprint density at radius 3 is 2.57 bits per heavy atom. The highest BCUT2D eigenvalue weighted by Gasteiger charge is 2.39. The quantitative estimate of drug-likeness (QED) is 0.687. The zero-order chi connectivity index (χ0) is 10.1. The minimum atomic E-state index is 0.596. The van der Waals surface area contributed by atoms with Crippen molar-refractivity contribution >= 4 is 0 Å². The summed E-state index contributed by atoms with van der Waals surface area (Å²) in [6.07, 6.45) is 5.67. The highest BCUT2D eigenvalue weighted by atomic mass is 16.6. The molecule has 0 radical (unpaired) electrons. The Morgan fingerprint density at radius 2 is 1.86 bits per heavy atom. The van der Waals surface area contributed by atoms with Crippen LogP contribution >= 0.6 is 0 Å². The van der Waals surface area contributed by atoms with Crippen molar-refractivity contribution < 1.29 is 4.84 Å². The van der Waals surface area contributed by atoms with E-state index in [1.165, 1.54) is 25.7 Å². The molecular weight excluding hydrogens is 174 g/mol. The third-order valence-corrected chi connectivity index (χ3v) is 4.16. The number of fused-ring (bicyclic) bond motifs is 2. The number of rotatable bonds is 2. The van der Waals surface area contributed by atoms with Crippen LogP contribution in [0.25, 0.3) is 0 Å². The van der Waals surface area contributed by atoms with Gasteiger partial charge in [-0.15, -0.1) is 0 Å². The molecular formula is C12H23NO. The van der Waals surface area contributed by atoms with Gasteiger partial charge in [-0.05, 0) is 49.4 Å². The van der Waals surface area contributed by atoms with E-state index in [2.05, 4.69) is 19.3 Å². The minimum Gasteiger partial charge on any atom is -0.305 e. The second kappa shape index (κ2) is 4.19. The topological polar surface area (TPSA) is 21.3 Å². The molecule has 0 amide bonds. The third-order valence-electron chi connectivity index (χ3n) is 4.16. The first kappa shape index (κ1) is 10.4. The molecule has 2 heteroatoms.